The predicted octanol–water partition coefficient (Wildman–Crippen LogP) is 1.34. The molecule has 1 aliphatic rings. The summed E-state index contributed by atoms with van der Waals surface area (Å²) in [5.41, 5.74) is 0.618. The molecule has 76 valence electrons. The van der Waals surface area contributed by atoms with Crippen molar-refractivity contribution >= 4 is 28.9 Å². The summed E-state index contributed by atoms with van der Waals surface area (Å²) in [5.74, 6) is 2.11. The molecule has 0 radical (unpaired) electrons. The number of hydrogen-bond donors (Lipinski definition) is 1. The normalized spacial score (nSPS) is 22.2. The summed E-state index contributed by atoms with van der Waals surface area (Å²) in [6.45, 7) is 2.84. The molecule has 3 nitrogen and oxygen atoms in total. The molecule has 2 rings (SSSR count). The molecule has 0 aromatic carbocycles. The number of hydrogen-bond acceptors (Lipinski definition) is 5. The average molecular weight is 228 g/mol. The Morgan fingerprint density at radius 3 is 3.14 bits per heavy atom. The number of nitrogens with one attached hydrogen (secondary N) is 1. The second kappa shape index (κ2) is 4.42. The van der Waals surface area contributed by atoms with Gasteiger partial charge in [0, 0.05) is 23.4 Å². The number of aryl methyl sites for hydroxylation is 1. The molecule has 2 heterocycles. The maximum atomic E-state index is 11.9. The standard InChI is InChI=1S/C9H12N2OS2/c1-6-11-8(5-14-6)9(12)7-4-13-3-2-10-7/h5,7,10H,2-4H2,1H3. The van der Waals surface area contributed by atoms with Gasteiger partial charge in [-0.2, -0.15) is 11.8 Å². The number of Topliss-reactive ketones (excluding diaryl/α,β-unsaturated/α-hetero) is 1. The van der Waals surface area contributed by atoms with Crippen LogP contribution in [0.15, 0.2) is 5.38 Å². The lowest BCUT2D eigenvalue weighted by atomic mass is 10.1. The van der Waals surface area contributed by atoms with Crippen LogP contribution in [0.1, 0.15) is 15.5 Å². The Morgan fingerprint density at radius 1 is 1.71 bits per heavy atom. The third kappa shape index (κ3) is 2.16. The lowest BCUT2D eigenvalue weighted by Crippen LogP contribution is -2.43. The van der Waals surface area contributed by atoms with Gasteiger partial charge in [-0.05, 0) is 6.92 Å². The highest BCUT2D eigenvalue weighted by atomic mass is 32.2. The van der Waals surface area contributed by atoms with Crippen LogP contribution in [0.2, 0.25) is 0 Å². The average Bonchev–Trinajstić information content (AvgIpc) is 2.65. The minimum absolute atomic E-state index is 0.0322. The summed E-state index contributed by atoms with van der Waals surface area (Å²) in [5, 5.41) is 6.02. The third-order valence-corrected chi connectivity index (χ3v) is 3.94. The van der Waals surface area contributed by atoms with Gasteiger partial charge in [0.1, 0.15) is 5.69 Å². The number of thiazole rings is 1. The summed E-state index contributed by atoms with van der Waals surface area (Å²) < 4.78 is 0. The first-order valence-corrected chi connectivity index (χ1v) is 6.58. The Kier molecular flexibility index (Phi) is 3.20. The summed E-state index contributed by atoms with van der Waals surface area (Å²) in [7, 11) is 0. The van der Waals surface area contributed by atoms with E-state index in [1.807, 2.05) is 24.1 Å². The number of rotatable bonds is 2. The van der Waals surface area contributed by atoms with Crippen molar-refractivity contribution in [3.63, 3.8) is 0 Å². The molecule has 0 bridgehead atoms. The highest BCUT2D eigenvalue weighted by molar-refractivity contribution is 7.99. The van der Waals surface area contributed by atoms with Gasteiger partial charge in [0.05, 0.1) is 11.0 Å². The molecule has 0 saturated carbocycles. The molecule has 1 aromatic rings. The predicted molar refractivity (Wildman–Crippen MR) is 60.3 cm³/mol. The maximum Gasteiger partial charge on any atom is 0.199 e. The van der Waals surface area contributed by atoms with E-state index in [0.717, 1.165) is 23.1 Å². The highest BCUT2D eigenvalue weighted by Crippen LogP contribution is 2.14. The Morgan fingerprint density at radius 2 is 2.57 bits per heavy atom. The first kappa shape index (κ1) is 10.1. The van der Waals surface area contributed by atoms with Gasteiger partial charge in [-0.15, -0.1) is 11.3 Å². The van der Waals surface area contributed by atoms with Crippen LogP contribution in [-0.4, -0.2) is 34.9 Å². The van der Waals surface area contributed by atoms with Crippen molar-refractivity contribution < 1.29 is 4.79 Å². The second-order valence-corrected chi connectivity index (χ2v) is 5.41. The van der Waals surface area contributed by atoms with Gasteiger partial charge in [-0.1, -0.05) is 0 Å². The number of ketones is 1. The number of carbonyl (C=O) groups is 1. The monoisotopic (exact) mass is 228 g/mol. The molecule has 1 atom stereocenters. The van der Waals surface area contributed by atoms with Gasteiger partial charge in [0.15, 0.2) is 5.78 Å². The minimum Gasteiger partial charge on any atom is -0.306 e. The van der Waals surface area contributed by atoms with Crippen LogP contribution in [0, 0.1) is 6.92 Å². The van der Waals surface area contributed by atoms with Crippen LogP contribution < -0.4 is 5.32 Å². The third-order valence-electron chi connectivity index (χ3n) is 2.11. The summed E-state index contributed by atoms with van der Waals surface area (Å²) in [4.78, 5) is 16.1. The van der Waals surface area contributed by atoms with E-state index in [2.05, 4.69) is 10.3 Å². The van der Waals surface area contributed by atoms with E-state index in [1.54, 1.807) is 0 Å². The van der Waals surface area contributed by atoms with Gasteiger partial charge in [-0.3, -0.25) is 4.79 Å². The number of aromatic nitrogens is 1. The smallest absolute Gasteiger partial charge is 0.199 e. The fraction of sp³-hybridized carbons (Fsp3) is 0.556. The van der Waals surface area contributed by atoms with Gasteiger partial charge >= 0.3 is 0 Å². The molecule has 1 N–H and O–H groups in total. The zero-order valence-electron chi connectivity index (χ0n) is 7.95. The Hall–Kier alpha value is -0.390. The van der Waals surface area contributed by atoms with Crippen molar-refractivity contribution in [1.29, 1.82) is 0 Å². The van der Waals surface area contributed by atoms with Gasteiger partial charge in [0.25, 0.3) is 0 Å². The lowest BCUT2D eigenvalue weighted by molar-refractivity contribution is 0.0948. The Bertz CT molecular complexity index is 331. The van der Waals surface area contributed by atoms with Crippen molar-refractivity contribution in [2.75, 3.05) is 18.1 Å². The lowest BCUT2D eigenvalue weighted by Gasteiger charge is -2.20. The van der Waals surface area contributed by atoms with Crippen LogP contribution in [0.5, 0.6) is 0 Å². The summed E-state index contributed by atoms with van der Waals surface area (Å²) in [6.07, 6.45) is 0. The van der Waals surface area contributed by atoms with E-state index in [9.17, 15) is 4.79 Å². The Labute approximate surface area is 91.3 Å². The van der Waals surface area contributed by atoms with Gasteiger partial charge in [0.2, 0.25) is 0 Å². The molecule has 1 aliphatic heterocycles. The van der Waals surface area contributed by atoms with Crippen molar-refractivity contribution in [1.82, 2.24) is 10.3 Å². The molecular formula is C9H12N2OS2. The summed E-state index contributed by atoms with van der Waals surface area (Å²) in [6, 6.07) is -0.0322. The van der Waals surface area contributed by atoms with E-state index in [4.69, 9.17) is 0 Å². The zero-order chi connectivity index (χ0) is 9.97. The number of carbonyl (C=O) groups excluding carboxylic acids is 1. The van der Waals surface area contributed by atoms with Crippen LogP contribution >= 0.6 is 23.1 Å². The number of nitrogens with zero attached hydrogens (tertiary/aromatic N) is 1. The Balaban J connectivity index is 2.07. The topological polar surface area (TPSA) is 42.0 Å². The van der Waals surface area contributed by atoms with Crippen molar-refractivity contribution in [3.8, 4) is 0 Å². The summed E-state index contributed by atoms with van der Waals surface area (Å²) >= 11 is 3.36. The molecular weight excluding hydrogens is 216 g/mol. The molecule has 0 aliphatic carbocycles. The quantitative estimate of drug-likeness (QED) is 0.776. The van der Waals surface area contributed by atoms with Crippen molar-refractivity contribution in [2.45, 2.75) is 13.0 Å². The largest absolute Gasteiger partial charge is 0.306 e. The highest BCUT2D eigenvalue weighted by Gasteiger charge is 2.23. The van der Waals surface area contributed by atoms with E-state index in [1.165, 1.54) is 11.3 Å². The molecule has 0 spiro atoms. The van der Waals surface area contributed by atoms with Crippen LogP contribution in [-0.2, 0) is 0 Å². The van der Waals surface area contributed by atoms with E-state index >= 15 is 0 Å². The minimum atomic E-state index is -0.0322. The van der Waals surface area contributed by atoms with Gasteiger partial charge < -0.3 is 5.32 Å². The molecule has 0 amide bonds. The van der Waals surface area contributed by atoms with Gasteiger partial charge in [-0.25, -0.2) is 4.98 Å². The first-order chi connectivity index (χ1) is 6.77. The molecule has 5 heteroatoms. The van der Waals surface area contributed by atoms with Crippen molar-refractivity contribution in [3.05, 3.63) is 16.1 Å². The van der Waals surface area contributed by atoms with Crippen LogP contribution in [0.3, 0.4) is 0 Å². The van der Waals surface area contributed by atoms with E-state index in [-0.39, 0.29) is 11.8 Å². The molecule has 1 fully saturated rings. The van der Waals surface area contributed by atoms with Crippen molar-refractivity contribution in [2.24, 2.45) is 0 Å². The zero-order valence-corrected chi connectivity index (χ0v) is 9.58. The number of thioether (sulfide) groups is 1. The molecule has 1 unspecified atom stereocenters. The maximum absolute atomic E-state index is 11.9. The SMILES string of the molecule is Cc1nc(C(=O)C2CSCCN2)cs1. The second-order valence-electron chi connectivity index (χ2n) is 3.20. The molecule has 14 heavy (non-hydrogen) atoms. The first-order valence-electron chi connectivity index (χ1n) is 4.55. The fourth-order valence-corrected chi connectivity index (χ4v) is 2.92. The molecule has 1 saturated heterocycles. The molecule has 1 aromatic heterocycles. The van der Waals surface area contributed by atoms with Crippen LogP contribution in [0.4, 0.5) is 0 Å². The fourth-order valence-electron chi connectivity index (χ4n) is 1.39. The van der Waals surface area contributed by atoms with E-state index in [0.29, 0.717) is 5.69 Å². The van der Waals surface area contributed by atoms with E-state index < -0.39 is 0 Å². The van der Waals surface area contributed by atoms with Crippen LogP contribution in [0.25, 0.3) is 0 Å².